The first-order valence-electron chi connectivity index (χ1n) is 4.89. The fraction of sp³-hybridized carbons (Fsp3) is 0.273. The first kappa shape index (κ1) is 13.0. The molecule has 17 heavy (non-hydrogen) atoms. The van der Waals surface area contributed by atoms with Crippen molar-refractivity contribution in [2.45, 2.75) is 6.42 Å². The summed E-state index contributed by atoms with van der Waals surface area (Å²) in [6.45, 7) is 0.299. The Labute approximate surface area is 97.1 Å². The molecule has 0 fully saturated rings. The van der Waals surface area contributed by atoms with E-state index in [4.69, 9.17) is 10.3 Å². The highest BCUT2D eigenvalue weighted by molar-refractivity contribution is 5.57. The van der Waals surface area contributed by atoms with Gasteiger partial charge in [-0.2, -0.15) is 0 Å². The quantitative estimate of drug-likeness (QED) is 0.334. The summed E-state index contributed by atoms with van der Waals surface area (Å²) in [6.07, 6.45) is 3.68. The lowest BCUT2D eigenvalue weighted by Crippen LogP contribution is -1.93. The van der Waals surface area contributed by atoms with Gasteiger partial charge >= 0.3 is 0 Å². The average Bonchev–Trinajstić information content (AvgIpc) is 2.28. The number of methoxy groups -OCH3 is 1. The third-order valence-electron chi connectivity index (χ3n) is 2.00. The molecule has 0 aromatic heterocycles. The minimum absolute atomic E-state index is 0.00793. The van der Waals surface area contributed by atoms with Gasteiger partial charge in [0.25, 0.3) is 0 Å². The van der Waals surface area contributed by atoms with Crippen LogP contribution < -0.4 is 4.74 Å². The molecule has 0 bridgehead atoms. The highest BCUT2D eigenvalue weighted by Crippen LogP contribution is 2.25. The fourth-order valence-electron chi connectivity index (χ4n) is 1.31. The zero-order valence-electron chi connectivity index (χ0n) is 9.23. The van der Waals surface area contributed by atoms with Crippen LogP contribution in [-0.4, -0.2) is 13.7 Å². The van der Waals surface area contributed by atoms with Crippen molar-refractivity contribution in [1.82, 2.24) is 0 Å². The summed E-state index contributed by atoms with van der Waals surface area (Å²) in [4.78, 5) is 2.59. The summed E-state index contributed by atoms with van der Waals surface area (Å²) in [7, 11) is 1.31. The van der Waals surface area contributed by atoms with E-state index in [0.717, 1.165) is 6.07 Å². The highest BCUT2D eigenvalue weighted by atomic mass is 19.1. The maximum Gasteiger partial charge on any atom is 0.168 e. The Morgan fingerprint density at radius 3 is 2.88 bits per heavy atom. The molecule has 4 nitrogen and oxygen atoms in total. The van der Waals surface area contributed by atoms with Crippen LogP contribution in [0.1, 0.15) is 12.0 Å². The van der Waals surface area contributed by atoms with Gasteiger partial charge < -0.3 is 4.74 Å². The average molecular weight is 239 g/mol. The number of hydrogen-bond acceptors (Lipinski definition) is 2. The molecule has 0 radical (unpaired) electrons. The maximum atomic E-state index is 13.3. The second kappa shape index (κ2) is 6.50. The van der Waals surface area contributed by atoms with E-state index in [2.05, 4.69) is 10.0 Å². The molecule has 0 amide bonds. The molecule has 0 N–H and O–H groups in total. The second-order valence-electron chi connectivity index (χ2n) is 3.16. The number of azide groups is 1. The van der Waals surface area contributed by atoms with Crippen LogP contribution >= 0.6 is 0 Å². The Bertz CT molecular complexity index is 468. The SMILES string of the molecule is COc1c(F)cc(F)cc1C=CCCN=[N+]=[N-]. The zero-order chi connectivity index (χ0) is 12.7. The lowest BCUT2D eigenvalue weighted by molar-refractivity contribution is 0.383. The van der Waals surface area contributed by atoms with Gasteiger partial charge in [-0.15, -0.1) is 0 Å². The van der Waals surface area contributed by atoms with Crippen molar-refractivity contribution in [2.24, 2.45) is 5.11 Å². The summed E-state index contributed by atoms with van der Waals surface area (Å²) in [6, 6.07) is 1.93. The van der Waals surface area contributed by atoms with Crippen molar-refractivity contribution in [3.63, 3.8) is 0 Å². The number of nitrogens with zero attached hydrogens (tertiary/aromatic N) is 3. The molecule has 0 heterocycles. The molecule has 0 aliphatic carbocycles. The zero-order valence-corrected chi connectivity index (χ0v) is 9.23. The van der Waals surface area contributed by atoms with E-state index >= 15 is 0 Å². The Morgan fingerprint density at radius 1 is 1.47 bits per heavy atom. The monoisotopic (exact) mass is 239 g/mol. The van der Waals surface area contributed by atoms with Crippen LogP contribution in [0.25, 0.3) is 16.5 Å². The molecule has 0 saturated heterocycles. The van der Waals surface area contributed by atoms with E-state index in [1.807, 2.05) is 0 Å². The molecule has 0 saturated carbocycles. The van der Waals surface area contributed by atoms with Gasteiger partial charge in [0.1, 0.15) is 5.82 Å². The van der Waals surface area contributed by atoms with Crippen LogP contribution in [0.15, 0.2) is 23.3 Å². The molecule has 1 aromatic carbocycles. The molecule has 0 aliphatic rings. The molecule has 0 atom stereocenters. The summed E-state index contributed by atoms with van der Waals surface area (Å²) >= 11 is 0. The number of benzene rings is 1. The standard InChI is InChI=1S/C11H11F2N3O/c1-17-11-8(4-2-3-5-15-16-14)6-9(12)7-10(11)13/h2,4,6-7H,3,5H2,1H3. The van der Waals surface area contributed by atoms with Gasteiger partial charge in [-0.1, -0.05) is 17.3 Å². The van der Waals surface area contributed by atoms with Crippen LogP contribution in [0, 0.1) is 11.6 Å². The van der Waals surface area contributed by atoms with E-state index < -0.39 is 11.6 Å². The Balaban J connectivity index is 2.85. The van der Waals surface area contributed by atoms with Crippen molar-refractivity contribution in [3.8, 4) is 5.75 Å². The summed E-state index contributed by atoms with van der Waals surface area (Å²) in [5, 5.41) is 3.33. The number of halogens is 2. The summed E-state index contributed by atoms with van der Waals surface area (Å²) in [5.41, 5.74) is 8.36. The smallest absolute Gasteiger partial charge is 0.168 e. The number of rotatable bonds is 5. The van der Waals surface area contributed by atoms with Crippen molar-refractivity contribution in [3.05, 3.63) is 45.8 Å². The number of ether oxygens (including phenoxy) is 1. The lowest BCUT2D eigenvalue weighted by atomic mass is 10.1. The minimum Gasteiger partial charge on any atom is -0.493 e. The summed E-state index contributed by atoms with van der Waals surface area (Å²) < 4.78 is 31.1. The van der Waals surface area contributed by atoms with Crippen LogP contribution in [0.3, 0.4) is 0 Å². The normalized spacial score (nSPS) is 10.3. The fourth-order valence-corrected chi connectivity index (χ4v) is 1.31. The minimum atomic E-state index is -0.748. The summed E-state index contributed by atoms with van der Waals surface area (Å²) in [5.74, 6) is -1.42. The second-order valence-corrected chi connectivity index (χ2v) is 3.16. The van der Waals surface area contributed by atoms with Gasteiger partial charge in [-0.3, -0.25) is 0 Å². The van der Waals surface area contributed by atoms with Gasteiger partial charge in [0.15, 0.2) is 11.6 Å². The molecule has 90 valence electrons. The van der Waals surface area contributed by atoms with Gasteiger partial charge in [0.2, 0.25) is 0 Å². The Hall–Kier alpha value is -2.07. The third kappa shape index (κ3) is 3.77. The predicted octanol–water partition coefficient (Wildman–Crippen LogP) is 3.69. The first-order valence-corrected chi connectivity index (χ1v) is 4.89. The number of hydrogen-bond donors (Lipinski definition) is 0. The maximum absolute atomic E-state index is 13.3. The van der Waals surface area contributed by atoms with E-state index in [1.165, 1.54) is 19.3 Å². The van der Waals surface area contributed by atoms with E-state index in [0.29, 0.717) is 18.5 Å². The highest BCUT2D eigenvalue weighted by Gasteiger charge is 2.09. The largest absolute Gasteiger partial charge is 0.493 e. The van der Waals surface area contributed by atoms with Gasteiger partial charge in [0.05, 0.1) is 7.11 Å². The van der Waals surface area contributed by atoms with Crippen molar-refractivity contribution < 1.29 is 13.5 Å². The molecule has 6 heteroatoms. The Kier molecular flexibility index (Phi) is 4.97. The van der Waals surface area contributed by atoms with Crippen LogP contribution in [0.2, 0.25) is 0 Å². The van der Waals surface area contributed by atoms with Crippen molar-refractivity contribution >= 4 is 6.08 Å². The molecule has 0 unspecified atom stereocenters. The molecule has 0 spiro atoms. The third-order valence-corrected chi connectivity index (χ3v) is 2.00. The van der Waals surface area contributed by atoms with E-state index in [1.54, 1.807) is 6.08 Å². The van der Waals surface area contributed by atoms with Crippen LogP contribution in [0.4, 0.5) is 8.78 Å². The Morgan fingerprint density at radius 2 is 2.24 bits per heavy atom. The first-order chi connectivity index (χ1) is 8.19. The van der Waals surface area contributed by atoms with Crippen LogP contribution in [-0.2, 0) is 0 Å². The predicted molar refractivity (Wildman–Crippen MR) is 60.6 cm³/mol. The van der Waals surface area contributed by atoms with Gasteiger partial charge in [-0.05, 0) is 18.0 Å². The molecule has 1 aromatic rings. The van der Waals surface area contributed by atoms with Gasteiger partial charge in [-0.25, -0.2) is 8.78 Å². The van der Waals surface area contributed by atoms with Crippen LogP contribution in [0.5, 0.6) is 5.75 Å². The van der Waals surface area contributed by atoms with E-state index in [-0.39, 0.29) is 5.75 Å². The molecule has 0 aliphatic heterocycles. The lowest BCUT2D eigenvalue weighted by Gasteiger charge is -2.06. The van der Waals surface area contributed by atoms with Gasteiger partial charge in [0, 0.05) is 23.1 Å². The van der Waals surface area contributed by atoms with E-state index in [9.17, 15) is 8.78 Å². The van der Waals surface area contributed by atoms with Crippen molar-refractivity contribution in [1.29, 1.82) is 0 Å². The molecular formula is C11H11F2N3O. The molecular weight excluding hydrogens is 228 g/mol. The topological polar surface area (TPSA) is 58.0 Å². The van der Waals surface area contributed by atoms with Crippen molar-refractivity contribution in [2.75, 3.05) is 13.7 Å². The molecule has 1 rings (SSSR count).